The van der Waals surface area contributed by atoms with Gasteiger partial charge in [0.15, 0.2) is 0 Å². The predicted octanol–water partition coefficient (Wildman–Crippen LogP) is 1.99. The maximum atomic E-state index is 5.82. The quantitative estimate of drug-likeness (QED) is 0.783. The van der Waals surface area contributed by atoms with E-state index in [1.54, 1.807) is 6.20 Å². The minimum Gasteiger partial charge on any atom is -0.383 e. The zero-order valence-electron chi connectivity index (χ0n) is 7.84. The van der Waals surface area contributed by atoms with Gasteiger partial charge in [-0.05, 0) is 19.5 Å². The van der Waals surface area contributed by atoms with E-state index in [4.69, 9.17) is 17.3 Å². The number of rotatable bonds is 3. The van der Waals surface area contributed by atoms with Crippen molar-refractivity contribution in [3.05, 3.63) is 22.8 Å². The maximum absolute atomic E-state index is 5.82. The Labute approximate surface area is 83.3 Å². The highest BCUT2D eigenvalue weighted by molar-refractivity contribution is 6.30. The Morgan fingerprint density at radius 2 is 2.38 bits per heavy atom. The number of nitrogens with one attached hydrogen (secondary N) is 1. The van der Waals surface area contributed by atoms with Crippen LogP contribution >= 0.6 is 11.6 Å². The van der Waals surface area contributed by atoms with E-state index in [0.717, 1.165) is 12.1 Å². The van der Waals surface area contributed by atoms with E-state index >= 15 is 0 Å². The Morgan fingerprint density at radius 3 is 3.00 bits per heavy atom. The van der Waals surface area contributed by atoms with Gasteiger partial charge < -0.3 is 11.1 Å². The summed E-state index contributed by atoms with van der Waals surface area (Å²) in [7, 11) is 0. The Balaban J connectivity index is 2.91. The molecule has 0 aliphatic heterocycles. The van der Waals surface area contributed by atoms with Gasteiger partial charge in [0.1, 0.15) is 5.82 Å². The molecule has 0 amide bonds. The third kappa shape index (κ3) is 2.57. The van der Waals surface area contributed by atoms with Gasteiger partial charge in [-0.3, -0.25) is 0 Å². The van der Waals surface area contributed by atoms with Crippen LogP contribution in [0.25, 0.3) is 0 Å². The van der Waals surface area contributed by atoms with Gasteiger partial charge in [-0.2, -0.15) is 0 Å². The molecule has 3 nitrogen and oxygen atoms in total. The molecule has 1 aromatic heterocycles. The van der Waals surface area contributed by atoms with Crippen molar-refractivity contribution in [2.24, 2.45) is 0 Å². The standard InChI is InChI=1S/C9H14ClN3/c1-3-12-6(2)8-4-7(10)5-13-9(8)11/h4-6,12H,3H2,1-2H3,(H2,11,13). The van der Waals surface area contributed by atoms with Crippen LogP contribution < -0.4 is 11.1 Å². The summed E-state index contributed by atoms with van der Waals surface area (Å²) >= 11 is 5.82. The second kappa shape index (κ2) is 4.44. The highest BCUT2D eigenvalue weighted by Crippen LogP contribution is 2.21. The van der Waals surface area contributed by atoms with Gasteiger partial charge in [0.05, 0.1) is 5.02 Å². The summed E-state index contributed by atoms with van der Waals surface area (Å²) in [5.74, 6) is 0.540. The number of nitrogen functional groups attached to an aromatic ring is 1. The largest absolute Gasteiger partial charge is 0.383 e. The molecule has 0 radical (unpaired) electrons. The summed E-state index contributed by atoms with van der Waals surface area (Å²) in [5.41, 5.74) is 6.66. The lowest BCUT2D eigenvalue weighted by molar-refractivity contribution is 0.598. The van der Waals surface area contributed by atoms with Crippen LogP contribution in [0.3, 0.4) is 0 Å². The summed E-state index contributed by atoms with van der Waals surface area (Å²) in [6.07, 6.45) is 1.55. The molecular formula is C9H14ClN3. The smallest absolute Gasteiger partial charge is 0.128 e. The fourth-order valence-corrected chi connectivity index (χ4v) is 1.39. The lowest BCUT2D eigenvalue weighted by Gasteiger charge is -2.14. The molecule has 4 heteroatoms. The summed E-state index contributed by atoms with van der Waals surface area (Å²) in [6.45, 7) is 4.98. The van der Waals surface area contributed by atoms with Gasteiger partial charge in [-0.25, -0.2) is 4.98 Å². The Morgan fingerprint density at radius 1 is 1.69 bits per heavy atom. The molecular weight excluding hydrogens is 186 g/mol. The number of halogens is 1. The van der Waals surface area contributed by atoms with Crippen LogP contribution in [0.4, 0.5) is 5.82 Å². The van der Waals surface area contributed by atoms with Crippen molar-refractivity contribution in [2.75, 3.05) is 12.3 Å². The number of anilines is 1. The summed E-state index contributed by atoms with van der Waals surface area (Å²) in [6, 6.07) is 2.04. The Kier molecular flexibility index (Phi) is 3.51. The van der Waals surface area contributed by atoms with Crippen molar-refractivity contribution < 1.29 is 0 Å². The van der Waals surface area contributed by atoms with Crippen molar-refractivity contribution >= 4 is 17.4 Å². The van der Waals surface area contributed by atoms with Crippen LogP contribution in [0.2, 0.25) is 5.02 Å². The lowest BCUT2D eigenvalue weighted by Crippen LogP contribution is -2.19. The molecule has 1 atom stereocenters. The third-order valence-electron chi connectivity index (χ3n) is 1.89. The summed E-state index contributed by atoms with van der Waals surface area (Å²) < 4.78 is 0. The minimum atomic E-state index is 0.191. The molecule has 3 N–H and O–H groups in total. The molecule has 0 saturated heterocycles. The fraction of sp³-hybridized carbons (Fsp3) is 0.444. The normalized spacial score (nSPS) is 12.8. The van der Waals surface area contributed by atoms with Gasteiger partial charge in [-0.15, -0.1) is 0 Å². The first-order chi connectivity index (χ1) is 6.15. The summed E-state index contributed by atoms with van der Waals surface area (Å²) in [5, 5.41) is 3.87. The third-order valence-corrected chi connectivity index (χ3v) is 2.10. The van der Waals surface area contributed by atoms with Crippen LogP contribution in [0.15, 0.2) is 12.3 Å². The van der Waals surface area contributed by atoms with E-state index in [0.29, 0.717) is 10.8 Å². The molecule has 0 aliphatic rings. The van der Waals surface area contributed by atoms with Crippen LogP contribution in [0.1, 0.15) is 25.5 Å². The molecule has 72 valence electrons. The number of nitrogens with two attached hydrogens (primary N) is 1. The zero-order chi connectivity index (χ0) is 9.84. The number of pyridine rings is 1. The van der Waals surface area contributed by atoms with Crippen molar-refractivity contribution in [3.8, 4) is 0 Å². The SMILES string of the molecule is CCNC(C)c1cc(Cl)cnc1N. The molecule has 13 heavy (non-hydrogen) atoms. The van der Waals surface area contributed by atoms with E-state index in [1.807, 2.05) is 19.9 Å². The lowest BCUT2D eigenvalue weighted by atomic mass is 10.1. The van der Waals surface area contributed by atoms with Gasteiger partial charge in [0, 0.05) is 17.8 Å². The minimum absolute atomic E-state index is 0.191. The monoisotopic (exact) mass is 199 g/mol. The van der Waals surface area contributed by atoms with Crippen molar-refractivity contribution in [3.63, 3.8) is 0 Å². The van der Waals surface area contributed by atoms with E-state index in [2.05, 4.69) is 10.3 Å². The molecule has 0 aliphatic carbocycles. The van der Waals surface area contributed by atoms with Crippen molar-refractivity contribution in [2.45, 2.75) is 19.9 Å². The number of nitrogens with zero attached hydrogens (tertiary/aromatic N) is 1. The van der Waals surface area contributed by atoms with Gasteiger partial charge in [0.25, 0.3) is 0 Å². The van der Waals surface area contributed by atoms with Crippen molar-refractivity contribution in [1.29, 1.82) is 0 Å². The van der Waals surface area contributed by atoms with E-state index in [1.165, 1.54) is 0 Å². The predicted molar refractivity (Wildman–Crippen MR) is 55.8 cm³/mol. The molecule has 0 spiro atoms. The molecule has 0 fully saturated rings. The molecule has 0 saturated carbocycles. The topological polar surface area (TPSA) is 50.9 Å². The molecule has 1 heterocycles. The van der Waals surface area contributed by atoms with Crippen LogP contribution in [-0.4, -0.2) is 11.5 Å². The molecule has 0 bridgehead atoms. The first-order valence-electron chi connectivity index (χ1n) is 4.29. The van der Waals surface area contributed by atoms with E-state index < -0.39 is 0 Å². The van der Waals surface area contributed by atoms with Crippen LogP contribution in [-0.2, 0) is 0 Å². The highest BCUT2D eigenvalue weighted by Gasteiger charge is 2.08. The van der Waals surface area contributed by atoms with Gasteiger partial charge >= 0.3 is 0 Å². The van der Waals surface area contributed by atoms with E-state index in [-0.39, 0.29) is 6.04 Å². The summed E-state index contributed by atoms with van der Waals surface area (Å²) in [4.78, 5) is 3.99. The second-order valence-corrected chi connectivity index (χ2v) is 3.34. The van der Waals surface area contributed by atoms with Crippen molar-refractivity contribution in [1.82, 2.24) is 10.3 Å². The molecule has 1 unspecified atom stereocenters. The van der Waals surface area contributed by atoms with E-state index in [9.17, 15) is 0 Å². The molecule has 1 rings (SSSR count). The van der Waals surface area contributed by atoms with Gasteiger partial charge in [0.2, 0.25) is 0 Å². The first kappa shape index (κ1) is 10.3. The first-order valence-corrected chi connectivity index (χ1v) is 4.67. The van der Waals surface area contributed by atoms with Gasteiger partial charge in [-0.1, -0.05) is 18.5 Å². The maximum Gasteiger partial charge on any atom is 0.128 e. The molecule has 1 aromatic rings. The fourth-order valence-electron chi connectivity index (χ4n) is 1.23. The number of hydrogen-bond donors (Lipinski definition) is 2. The zero-order valence-corrected chi connectivity index (χ0v) is 8.60. The number of aromatic nitrogens is 1. The second-order valence-electron chi connectivity index (χ2n) is 2.91. The number of hydrogen-bond acceptors (Lipinski definition) is 3. The molecule has 0 aromatic carbocycles. The van der Waals surface area contributed by atoms with Crippen LogP contribution in [0, 0.1) is 0 Å². The highest BCUT2D eigenvalue weighted by atomic mass is 35.5. The average Bonchev–Trinajstić information content (AvgIpc) is 2.09. The average molecular weight is 200 g/mol. The Bertz CT molecular complexity index is 288. The van der Waals surface area contributed by atoms with Crippen LogP contribution in [0.5, 0.6) is 0 Å². The Hall–Kier alpha value is -0.800.